The standard InChI is InChI=1S/C20H27N3O7/c1-11(2)21-20(27)22-18(25)12(3)30-19(26)13-8-17(24)23(10-13)15-7-6-14(28-4)9-16(15)29-5/h6-7,9,11-13H,8,10H2,1-5H3,(H2,21,22,25,27)/t12-,13-/m0/s1. The van der Waals surface area contributed by atoms with Crippen LogP contribution >= 0.6 is 0 Å². The second-order valence-electron chi connectivity index (χ2n) is 7.14. The fraction of sp³-hybridized carbons (Fsp3) is 0.500. The zero-order valence-electron chi connectivity index (χ0n) is 17.7. The summed E-state index contributed by atoms with van der Waals surface area (Å²) in [4.78, 5) is 50.0. The van der Waals surface area contributed by atoms with E-state index < -0.39 is 29.9 Å². The molecule has 0 radical (unpaired) electrons. The van der Waals surface area contributed by atoms with Gasteiger partial charge in [0.1, 0.15) is 11.5 Å². The Morgan fingerprint density at radius 1 is 1.13 bits per heavy atom. The lowest BCUT2D eigenvalue weighted by molar-refractivity contribution is -0.158. The molecule has 1 aromatic rings. The molecule has 1 aliphatic heterocycles. The number of imide groups is 1. The molecule has 0 unspecified atom stereocenters. The van der Waals surface area contributed by atoms with E-state index in [0.29, 0.717) is 17.2 Å². The number of hydrogen-bond acceptors (Lipinski definition) is 7. The van der Waals surface area contributed by atoms with Crippen molar-refractivity contribution in [3.05, 3.63) is 18.2 Å². The molecule has 2 N–H and O–H groups in total. The van der Waals surface area contributed by atoms with E-state index >= 15 is 0 Å². The highest BCUT2D eigenvalue weighted by atomic mass is 16.5. The van der Waals surface area contributed by atoms with Gasteiger partial charge in [-0.25, -0.2) is 4.79 Å². The molecule has 2 atom stereocenters. The van der Waals surface area contributed by atoms with Gasteiger partial charge in [0.2, 0.25) is 5.91 Å². The molecule has 10 nitrogen and oxygen atoms in total. The van der Waals surface area contributed by atoms with Gasteiger partial charge in [0.05, 0.1) is 25.8 Å². The predicted molar refractivity (Wildman–Crippen MR) is 107 cm³/mol. The van der Waals surface area contributed by atoms with Crippen LogP contribution in [0, 0.1) is 5.92 Å². The van der Waals surface area contributed by atoms with Crippen molar-refractivity contribution >= 4 is 29.5 Å². The van der Waals surface area contributed by atoms with Crippen molar-refractivity contribution in [2.75, 3.05) is 25.7 Å². The highest BCUT2D eigenvalue weighted by molar-refractivity contribution is 6.01. The summed E-state index contributed by atoms with van der Waals surface area (Å²) in [5, 5.41) is 4.61. The third-order valence-corrected chi connectivity index (χ3v) is 4.45. The molecule has 10 heteroatoms. The van der Waals surface area contributed by atoms with E-state index in [1.54, 1.807) is 32.0 Å². The van der Waals surface area contributed by atoms with Crippen molar-refractivity contribution in [2.45, 2.75) is 39.3 Å². The Balaban J connectivity index is 2.00. The number of carbonyl (C=O) groups excluding carboxylic acids is 4. The highest BCUT2D eigenvalue weighted by Gasteiger charge is 2.38. The second-order valence-corrected chi connectivity index (χ2v) is 7.14. The van der Waals surface area contributed by atoms with Crippen LogP contribution in [0.1, 0.15) is 27.2 Å². The number of anilines is 1. The minimum atomic E-state index is -1.19. The Bertz CT molecular complexity index is 825. The van der Waals surface area contributed by atoms with Gasteiger partial charge in [0.15, 0.2) is 6.10 Å². The number of hydrogen-bond donors (Lipinski definition) is 2. The lowest BCUT2D eigenvalue weighted by Gasteiger charge is -2.20. The van der Waals surface area contributed by atoms with Crippen molar-refractivity contribution in [2.24, 2.45) is 5.92 Å². The van der Waals surface area contributed by atoms with E-state index in [-0.39, 0.29) is 24.9 Å². The Morgan fingerprint density at radius 3 is 2.43 bits per heavy atom. The van der Waals surface area contributed by atoms with Crippen molar-refractivity contribution < 1.29 is 33.4 Å². The van der Waals surface area contributed by atoms with Gasteiger partial charge in [-0.1, -0.05) is 0 Å². The summed E-state index contributed by atoms with van der Waals surface area (Å²) in [5.74, 6) is -1.46. The first-order chi connectivity index (χ1) is 14.2. The SMILES string of the molecule is COc1ccc(N2C[C@@H](C(=O)O[C@@H](C)C(=O)NC(=O)NC(C)C)CC2=O)c(OC)c1. The van der Waals surface area contributed by atoms with E-state index in [1.807, 2.05) is 0 Å². The molecule has 0 aliphatic carbocycles. The van der Waals surface area contributed by atoms with Crippen LogP contribution in [0.3, 0.4) is 0 Å². The van der Waals surface area contributed by atoms with Crippen LogP contribution < -0.4 is 25.0 Å². The largest absolute Gasteiger partial charge is 0.497 e. The van der Waals surface area contributed by atoms with Crippen LogP contribution in [0.15, 0.2) is 18.2 Å². The monoisotopic (exact) mass is 421 g/mol. The van der Waals surface area contributed by atoms with Crippen molar-refractivity contribution in [1.82, 2.24) is 10.6 Å². The number of carbonyl (C=O) groups is 4. The summed E-state index contributed by atoms with van der Waals surface area (Å²) in [6, 6.07) is 4.17. The summed E-state index contributed by atoms with van der Waals surface area (Å²) in [7, 11) is 2.99. The number of rotatable bonds is 7. The normalized spacial score (nSPS) is 16.8. The third kappa shape index (κ3) is 5.62. The minimum Gasteiger partial charge on any atom is -0.497 e. The molecule has 1 aromatic carbocycles. The van der Waals surface area contributed by atoms with E-state index in [1.165, 1.54) is 26.0 Å². The first-order valence-electron chi connectivity index (χ1n) is 9.50. The first-order valence-corrected chi connectivity index (χ1v) is 9.50. The molecular formula is C20H27N3O7. The van der Waals surface area contributed by atoms with Gasteiger partial charge in [-0.05, 0) is 32.9 Å². The molecule has 1 aliphatic rings. The second kappa shape index (κ2) is 9.95. The van der Waals surface area contributed by atoms with Crippen molar-refractivity contribution in [1.29, 1.82) is 0 Å². The lowest BCUT2D eigenvalue weighted by atomic mass is 10.1. The minimum absolute atomic E-state index is 0.0593. The van der Waals surface area contributed by atoms with Gasteiger partial charge in [-0.15, -0.1) is 0 Å². The molecule has 164 valence electrons. The molecule has 0 saturated carbocycles. The number of ether oxygens (including phenoxy) is 3. The maximum atomic E-state index is 12.5. The molecule has 30 heavy (non-hydrogen) atoms. The number of urea groups is 1. The molecule has 1 saturated heterocycles. The summed E-state index contributed by atoms with van der Waals surface area (Å²) in [6.07, 6.45) is -1.24. The van der Waals surface area contributed by atoms with Gasteiger partial charge in [-0.3, -0.25) is 19.7 Å². The molecule has 1 fully saturated rings. The summed E-state index contributed by atoms with van der Waals surface area (Å²) >= 11 is 0. The van der Waals surface area contributed by atoms with Gasteiger partial charge < -0.3 is 24.4 Å². The Labute approximate surface area is 174 Å². The number of nitrogens with zero attached hydrogens (tertiary/aromatic N) is 1. The zero-order chi connectivity index (χ0) is 22.4. The maximum Gasteiger partial charge on any atom is 0.321 e. The van der Waals surface area contributed by atoms with Crippen LogP contribution in [-0.4, -0.2) is 56.7 Å². The van der Waals surface area contributed by atoms with Crippen LogP contribution in [0.25, 0.3) is 0 Å². The smallest absolute Gasteiger partial charge is 0.321 e. The molecule has 2 rings (SSSR count). The fourth-order valence-corrected chi connectivity index (χ4v) is 2.94. The van der Waals surface area contributed by atoms with Crippen molar-refractivity contribution in [3.8, 4) is 11.5 Å². The Kier molecular flexibility index (Phi) is 7.62. The highest BCUT2D eigenvalue weighted by Crippen LogP contribution is 2.36. The van der Waals surface area contributed by atoms with E-state index in [0.717, 1.165) is 0 Å². The van der Waals surface area contributed by atoms with E-state index in [4.69, 9.17) is 14.2 Å². The average Bonchev–Trinajstić information content (AvgIpc) is 3.08. The zero-order valence-corrected chi connectivity index (χ0v) is 17.7. The number of esters is 1. The van der Waals surface area contributed by atoms with Gasteiger partial charge >= 0.3 is 12.0 Å². The average molecular weight is 421 g/mol. The molecule has 0 bridgehead atoms. The number of methoxy groups -OCH3 is 2. The first kappa shape index (κ1) is 23.0. The maximum absolute atomic E-state index is 12.5. The van der Waals surface area contributed by atoms with E-state index in [9.17, 15) is 19.2 Å². The van der Waals surface area contributed by atoms with E-state index in [2.05, 4.69) is 10.6 Å². The molecule has 1 heterocycles. The summed E-state index contributed by atoms with van der Waals surface area (Å²) in [6.45, 7) is 4.93. The number of amides is 4. The molecule has 0 spiro atoms. The summed E-state index contributed by atoms with van der Waals surface area (Å²) < 4.78 is 15.6. The van der Waals surface area contributed by atoms with Gasteiger partial charge in [0, 0.05) is 25.1 Å². The van der Waals surface area contributed by atoms with Gasteiger partial charge in [0.25, 0.3) is 5.91 Å². The Morgan fingerprint density at radius 2 is 1.83 bits per heavy atom. The van der Waals surface area contributed by atoms with Crippen molar-refractivity contribution in [3.63, 3.8) is 0 Å². The Hall–Kier alpha value is -3.30. The third-order valence-electron chi connectivity index (χ3n) is 4.45. The molecule has 4 amide bonds. The fourth-order valence-electron chi connectivity index (χ4n) is 2.94. The van der Waals surface area contributed by atoms with Crippen LogP contribution in [0.4, 0.5) is 10.5 Å². The number of benzene rings is 1. The molecule has 0 aromatic heterocycles. The van der Waals surface area contributed by atoms with Crippen LogP contribution in [0.5, 0.6) is 11.5 Å². The summed E-state index contributed by atoms with van der Waals surface area (Å²) in [5.41, 5.74) is 0.509. The predicted octanol–water partition coefficient (Wildman–Crippen LogP) is 1.22. The van der Waals surface area contributed by atoms with Crippen LogP contribution in [-0.2, 0) is 19.1 Å². The molecular weight excluding hydrogens is 394 g/mol. The topological polar surface area (TPSA) is 123 Å². The number of nitrogens with one attached hydrogen (secondary N) is 2. The quantitative estimate of drug-likeness (QED) is 0.635. The van der Waals surface area contributed by atoms with Gasteiger partial charge in [-0.2, -0.15) is 0 Å². The lowest BCUT2D eigenvalue weighted by Crippen LogP contribution is -2.47. The van der Waals surface area contributed by atoms with Crippen LogP contribution in [0.2, 0.25) is 0 Å².